The molecule has 0 aliphatic carbocycles. The van der Waals surface area contributed by atoms with E-state index >= 15 is 0 Å². The molecular formula is C14H23NO. The van der Waals surface area contributed by atoms with Gasteiger partial charge in [0.2, 0.25) is 0 Å². The van der Waals surface area contributed by atoms with Crippen LogP contribution < -0.4 is 5.73 Å². The van der Waals surface area contributed by atoms with Crippen molar-refractivity contribution in [2.75, 3.05) is 6.54 Å². The third-order valence-electron chi connectivity index (χ3n) is 2.81. The van der Waals surface area contributed by atoms with Crippen LogP contribution in [-0.2, 0) is 6.42 Å². The Hall–Kier alpha value is -0.860. The van der Waals surface area contributed by atoms with Crippen molar-refractivity contribution in [2.24, 2.45) is 5.73 Å². The Balaban J connectivity index is 2.91. The van der Waals surface area contributed by atoms with Gasteiger partial charge in [0.25, 0.3) is 0 Å². The van der Waals surface area contributed by atoms with Crippen LogP contribution in [0.15, 0.2) is 24.3 Å². The second-order valence-corrected chi connectivity index (χ2v) is 5.17. The molecule has 0 spiro atoms. The highest BCUT2D eigenvalue weighted by Crippen LogP contribution is 2.25. The highest BCUT2D eigenvalue weighted by Gasteiger charge is 2.17. The molecule has 1 aromatic carbocycles. The number of rotatable bonds is 5. The Morgan fingerprint density at radius 2 is 1.94 bits per heavy atom. The lowest BCUT2D eigenvalue weighted by Gasteiger charge is -2.22. The van der Waals surface area contributed by atoms with Crippen molar-refractivity contribution in [3.8, 4) is 0 Å². The zero-order valence-corrected chi connectivity index (χ0v) is 10.5. The Bertz CT molecular complexity index is 328. The highest BCUT2D eigenvalue weighted by atomic mass is 16.3. The standard InChI is InChI=1S/C14H23NO/c1-11(8-9-15)13-7-5-4-6-12(13)10-14(2,3)16/h4-7,11,16H,8-10,15H2,1-3H3. The first-order valence-corrected chi connectivity index (χ1v) is 5.94. The molecule has 1 rings (SSSR count). The second-order valence-electron chi connectivity index (χ2n) is 5.17. The van der Waals surface area contributed by atoms with Crippen molar-refractivity contribution in [3.05, 3.63) is 35.4 Å². The van der Waals surface area contributed by atoms with Crippen LogP contribution in [0.5, 0.6) is 0 Å². The van der Waals surface area contributed by atoms with E-state index < -0.39 is 5.60 Å². The van der Waals surface area contributed by atoms with Crippen LogP contribution in [0.1, 0.15) is 44.2 Å². The number of hydrogen-bond donors (Lipinski definition) is 2. The molecular weight excluding hydrogens is 198 g/mol. The fourth-order valence-corrected chi connectivity index (χ4v) is 2.05. The third-order valence-corrected chi connectivity index (χ3v) is 2.81. The largest absolute Gasteiger partial charge is 0.390 e. The van der Waals surface area contributed by atoms with Gasteiger partial charge in [0.15, 0.2) is 0 Å². The average molecular weight is 221 g/mol. The van der Waals surface area contributed by atoms with Crippen LogP contribution >= 0.6 is 0 Å². The van der Waals surface area contributed by atoms with Gasteiger partial charge < -0.3 is 10.8 Å². The fourth-order valence-electron chi connectivity index (χ4n) is 2.05. The van der Waals surface area contributed by atoms with E-state index in [1.165, 1.54) is 11.1 Å². The van der Waals surface area contributed by atoms with E-state index in [9.17, 15) is 5.11 Å². The Labute approximate surface area is 98.5 Å². The molecule has 0 fully saturated rings. The quantitative estimate of drug-likeness (QED) is 0.802. The molecule has 2 heteroatoms. The summed E-state index contributed by atoms with van der Waals surface area (Å²) in [6.07, 6.45) is 1.68. The van der Waals surface area contributed by atoms with E-state index in [4.69, 9.17) is 5.73 Å². The minimum absolute atomic E-state index is 0.462. The summed E-state index contributed by atoms with van der Waals surface area (Å²) in [7, 11) is 0. The summed E-state index contributed by atoms with van der Waals surface area (Å²) in [5.74, 6) is 0.462. The molecule has 0 saturated heterocycles. The van der Waals surface area contributed by atoms with Gasteiger partial charge in [-0.1, -0.05) is 31.2 Å². The predicted molar refractivity (Wildman–Crippen MR) is 68.5 cm³/mol. The van der Waals surface area contributed by atoms with Crippen LogP contribution in [0.25, 0.3) is 0 Å². The molecule has 0 amide bonds. The molecule has 1 aromatic rings. The van der Waals surface area contributed by atoms with Crippen molar-refractivity contribution in [1.29, 1.82) is 0 Å². The first kappa shape index (κ1) is 13.2. The first-order chi connectivity index (χ1) is 7.44. The van der Waals surface area contributed by atoms with Gasteiger partial charge >= 0.3 is 0 Å². The zero-order chi connectivity index (χ0) is 12.2. The maximum absolute atomic E-state index is 9.88. The Morgan fingerprint density at radius 1 is 1.31 bits per heavy atom. The maximum atomic E-state index is 9.88. The van der Waals surface area contributed by atoms with Gasteiger partial charge in [-0.05, 0) is 43.9 Å². The Morgan fingerprint density at radius 3 is 2.50 bits per heavy atom. The second kappa shape index (κ2) is 5.46. The maximum Gasteiger partial charge on any atom is 0.0632 e. The van der Waals surface area contributed by atoms with Crippen molar-refractivity contribution >= 4 is 0 Å². The molecule has 0 bridgehead atoms. The van der Waals surface area contributed by atoms with Gasteiger partial charge in [-0.15, -0.1) is 0 Å². The van der Waals surface area contributed by atoms with Gasteiger partial charge in [0.1, 0.15) is 0 Å². The smallest absolute Gasteiger partial charge is 0.0632 e. The van der Waals surface area contributed by atoms with E-state index in [0.717, 1.165) is 6.42 Å². The molecule has 0 heterocycles. The minimum Gasteiger partial charge on any atom is -0.390 e. The SMILES string of the molecule is CC(CCN)c1ccccc1CC(C)(C)O. The summed E-state index contributed by atoms with van der Waals surface area (Å²) in [6.45, 7) is 6.59. The lowest BCUT2D eigenvalue weighted by molar-refractivity contribution is 0.0807. The summed E-state index contributed by atoms with van der Waals surface area (Å²) in [5, 5.41) is 9.88. The fraction of sp³-hybridized carbons (Fsp3) is 0.571. The van der Waals surface area contributed by atoms with Gasteiger partial charge in [-0.3, -0.25) is 0 Å². The normalized spacial score (nSPS) is 13.8. The van der Waals surface area contributed by atoms with Crippen LogP contribution in [0, 0.1) is 0 Å². The van der Waals surface area contributed by atoms with Crippen molar-refractivity contribution in [1.82, 2.24) is 0 Å². The molecule has 90 valence electrons. The number of aliphatic hydroxyl groups is 1. The number of nitrogens with two attached hydrogens (primary N) is 1. The van der Waals surface area contributed by atoms with Gasteiger partial charge in [0.05, 0.1) is 5.60 Å². The summed E-state index contributed by atoms with van der Waals surface area (Å²) in [5.41, 5.74) is 7.49. The average Bonchev–Trinajstić information content (AvgIpc) is 2.16. The molecule has 1 unspecified atom stereocenters. The minimum atomic E-state index is -0.654. The van der Waals surface area contributed by atoms with Gasteiger partial charge in [-0.2, -0.15) is 0 Å². The van der Waals surface area contributed by atoms with E-state index in [1.807, 2.05) is 19.9 Å². The van der Waals surface area contributed by atoms with Gasteiger partial charge in [0, 0.05) is 6.42 Å². The highest BCUT2D eigenvalue weighted by molar-refractivity contribution is 5.31. The predicted octanol–water partition coefficient (Wildman–Crippen LogP) is 2.45. The topological polar surface area (TPSA) is 46.2 Å². The van der Waals surface area contributed by atoms with Crippen LogP contribution in [-0.4, -0.2) is 17.3 Å². The van der Waals surface area contributed by atoms with Crippen molar-refractivity contribution in [3.63, 3.8) is 0 Å². The summed E-state index contributed by atoms with van der Waals surface area (Å²) < 4.78 is 0. The molecule has 0 aromatic heterocycles. The van der Waals surface area contributed by atoms with Crippen molar-refractivity contribution < 1.29 is 5.11 Å². The molecule has 0 saturated carbocycles. The molecule has 1 atom stereocenters. The molecule has 0 aliphatic heterocycles. The molecule has 3 N–H and O–H groups in total. The Kier molecular flexibility index (Phi) is 4.51. The zero-order valence-electron chi connectivity index (χ0n) is 10.5. The molecule has 0 aliphatic rings. The van der Waals surface area contributed by atoms with Crippen LogP contribution in [0.4, 0.5) is 0 Å². The van der Waals surface area contributed by atoms with E-state index in [1.54, 1.807) is 0 Å². The molecule has 16 heavy (non-hydrogen) atoms. The van der Waals surface area contributed by atoms with Crippen molar-refractivity contribution in [2.45, 2.75) is 45.1 Å². The lowest BCUT2D eigenvalue weighted by atomic mass is 9.88. The lowest BCUT2D eigenvalue weighted by Crippen LogP contribution is -2.23. The first-order valence-electron chi connectivity index (χ1n) is 5.94. The summed E-state index contributed by atoms with van der Waals surface area (Å²) in [6, 6.07) is 8.32. The number of hydrogen-bond acceptors (Lipinski definition) is 2. The monoisotopic (exact) mass is 221 g/mol. The number of benzene rings is 1. The summed E-state index contributed by atoms with van der Waals surface area (Å²) in [4.78, 5) is 0. The van der Waals surface area contributed by atoms with E-state index in [2.05, 4.69) is 25.1 Å². The van der Waals surface area contributed by atoms with Gasteiger partial charge in [-0.25, -0.2) is 0 Å². The van der Waals surface area contributed by atoms with Crippen LogP contribution in [0.3, 0.4) is 0 Å². The summed E-state index contributed by atoms with van der Waals surface area (Å²) >= 11 is 0. The third kappa shape index (κ3) is 3.95. The molecule has 2 nitrogen and oxygen atoms in total. The molecule has 0 radical (unpaired) electrons. The van der Waals surface area contributed by atoms with E-state index in [0.29, 0.717) is 18.9 Å². The van der Waals surface area contributed by atoms with E-state index in [-0.39, 0.29) is 0 Å². The van der Waals surface area contributed by atoms with Crippen LogP contribution in [0.2, 0.25) is 0 Å².